The van der Waals surface area contributed by atoms with E-state index in [2.05, 4.69) is 25.3 Å². The average molecular weight is 258 g/mol. The molecule has 0 radical (unpaired) electrons. The van der Waals surface area contributed by atoms with Crippen LogP contribution in [0.25, 0.3) is 0 Å². The summed E-state index contributed by atoms with van der Waals surface area (Å²) in [6, 6.07) is -2.04. The standard InChI is InChI=1S/C9H14N4O5/c1-5(14)7(8(15)16)12-9(17)10-3-2-6-11-4-18-13-6/h4-5,7,14H,2-3H2,1H3,(H,15,16)(H2,10,12,17). The van der Waals surface area contributed by atoms with Gasteiger partial charge in [-0.3, -0.25) is 0 Å². The molecule has 18 heavy (non-hydrogen) atoms. The average Bonchev–Trinajstić information content (AvgIpc) is 2.78. The number of aliphatic hydroxyl groups is 1. The molecule has 4 N–H and O–H groups in total. The second-order valence-corrected chi connectivity index (χ2v) is 3.55. The van der Waals surface area contributed by atoms with Gasteiger partial charge in [-0.1, -0.05) is 5.16 Å². The highest BCUT2D eigenvalue weighted by Crippen LogP contribution is 1.93. The van der Waals surface area contributed by atoms with Crippen LogP contribution >= 0.6 is 0 Å². The molecule has 0 aromatic carbocycles. The van der Waals surface area contributed by atoms with E-state index in [0.29, 0.717) is 12.2 Å². The van der Waals surface area contributed by atoms with E-state index in [1.807, 2.05) is 0 Å². The van der Waals surface area contributed by atoms with E-state index in [-0.39, 0.29) is 6.54 Å². The van der Waals surface area contributed by atoms with Gasteiger partial charge in [-0.15, -0.1) is 0 Å². The van der Waals surface area contributed by atoms with Crippen LogP contribution in [0.2, 0.25) is 0 Å². The molecule has 1 heterocycles. The Morgan fingerprint density at radius 1 is 1.56 bits per heavy atom. The van der Waals surface area contributed by atoms with Crippen molar-refractivity contribution in [3.05, 3.63) is 12.2 Å². The maximum absolute atomic E-state index is 11.3. The number of hydrogen-bond acceptors (Lipinski definition) is 6. The van der Waals surface area contributed by atoms with Crippen molar-refractivity contribution in [3.63, 3.8) is 0 Å². The summed E-state index contributed by atoms with van der Waals surface area (Å²) in [4.78, 5) is 25.8. The second-order valence-electron chi connectivity index (χ2n) is 3.55. The van der Waals surface area contributed by atoms with Gasteiger partial charge in [-0.25, -0.2) is 9.59 Å². The molecule has 0 bridgehead atoms. The predicted molar refractivity (Wildman–Crippen MR) is 57.6 cm³/mol. The van der Waals surface area contributed by atoms with Crippen LogP contribution < -0.4 is 10.6 Å². The van der Waals surface area contributed by atoms with E-state index in [0.717, 1.165) is 0 Å². The number of rotatable bonds is 6. The highest BCUT2D eigenvalue weighted by Gasteiger charge is 2.24. The van der Waals surface area contributed by atoms with Gasteiger partial charge in [0.1, 0.15) is 0 Å². The lowest BCUT2D eigenvalue weighted by atomic mass is 10.2. The van der Waals surface area contributed by atoms with E-state index in [9.17, 15) is 9.59 Å². The van der Waals surface area contributed by atoms with Crippen molar-refractivity contribution in [2.75, 3.05) is 6.54 Å². The molecule has 2 unspecified atom stereocenters. The van der Waals surface area contributed by atoms with E-state index >= 15 is 0 Å². The van der Waals surface area contributed by atoms with Crippen LogP contribution in [-0.4, -0.2) is 51.0 Å². The number of carbonyl (C=O) groups is 2. The molecule has 0 spiro atoms. The maximum Gasteiger partial charge on any atom is 0.328 e. The van der Waals surface area contributed by atoms with Crippen molar-refractivity contribution in [2.24, 2.45) is 0 Å². The maximum atomic E-state index is 11.3. The van der Waals surface area contributed by atoms with E-state index in [1.165, 1.54) is 13.3 Å². The zero-order chi connectivity index (χ0) is 13.5. The normalized spacial score (nSPS) is 13.7. The second kappa shape index (κ2) is 6.55. The topological polar surface area (TPSA) is 138 Å². The summed E-state index contributed by atoms with van der Waals surface area (Å²) in [5.41, 5.74) is 0. The number of aliphatic carboxylic acids is 1. The van der Waals surface area contributed by atoms with Gasteiger partial charge in [0.2, 0.25) is 6.39 Å². The van der Waals surface area contributed by atoms with Gasteiger partial charge < -0.3 is 25.4 Å². The molecular weight excluding hydrogens is 244 g/mol. The fraction of sp³-hybridized carbons (Fsp3) is 0.556. The van der Waals surface area contributed by atoms with Crippen LogP contribution in [0.15, 0.2) is 10.9 Å². The van der Waals surface area contributed by atoms with Crippen LogP contribution in [0.4, 0.5) is 4.79 Å². The summed E-state index contributed by atoms with van der Waals surface area (Å²) < 4.78 is 4.50. The molecule has 0 aliphatic heterocycles. The van der Waals surface area contributed by atoms with Gasteiger partial charge in [-0.05, 0) is 6.92 Å². The van der Waals surface area contributed by atoms with Gasteiger partial charge >= 0.3 is 12.0 Å². The third kappa shape index (κ3) is 4.37. The van der Waals surface area contributed by atoms with Gasteiger partial charge in [0, 0.05) is 13.0 Å². The molecule has 1 aromatic heterocycles. The zero-order valence-corrected chi connectivity index (χ0v) is 9.66. The third-order valence-corrected chi connectivity index (χ3v) is 2.08. The molecule has 9 heteroatoms. The minimum absolute atomic E-state index is 0.220. The van der Waals surface area contributed by atoms with Crippen molar-refractivity contribution < 1.29 is 24.3 Å². The summed E-state index contributed by atoms with van der Waals surface area (Å²) in [7, 11) is 0. The Hall–Kier alpha value is -2.16. The van der Waals surface area contributed by atoms with Gasteiger partial charge in [0.15, 0.2) is 11.9 Å². The Bertz CT molecular complexity index is 392. The van der Waals surface area contributed by atoms with E-state index in [4.69, 9.17) is 10.2 Å². The number of carboxylic acids is 1. The Morgan fingerprint density at radius 3 is 2.78 bits per heavy atom. The Kier molecular flexibility index (Phi) is 5.06. The summed E-state index contributed by atoms with van der Waals surface area (Å²) >= 11 is 0. The van der Waals surface area contributed by atoms with Crippen molar-refractivity contribution in [1.29, 1.82) is 0 Å². The van der Waals surface area contributed by atoms with Crippen LogP contribution in [-0.2, 0) is 11.2 Å². The fourth-order valence-corrected chi connectivity index (χ4v) is 1.17. The number of nitrogens with one attached hydrogen (secondary N) is 2. The lowest BCUT2D eigenvalue weighted by molar-refractivity contribution is -0.141. The molecule has 2 atom stereocenters. The van der Waals surface area contributed by atoms with Gasteiger partial charge in [0.25, 0.3) is 0 Å². The van der Waals surface area contributed by atoms with Crippen LogP contribution in [0, 0.1) is 0 Å². The minimum Gasteiger partial charge on any atom is -0.480 e. The van der Waals surface area contributed by atoms with Gasteiger partial charge in [0.05, 0.1) is 6.10 Å². The molecule has 1 aromatic rings. The number of aromatic nitrogens is 2. The van der Waals surface area contributed by atoms with Crippen LogP contribution in [0.3, 0.4) is 0 Å². The molecule has 100 valence electrons. The molecule has 0 fully saturated rings. The highest BCUT2D eigenvalue weighted by molar-refractivity contribution is 5.82. The number of nitrogens with zero attached hydrogens (tertiary/aromatic N) is 2. The first-order valence-corrected chi connectivity index (χ1v) is 5.21. The van der Waals surface area contributed by atoms with Crippen molar-refractivity contribution in [1.82, 2.24) is 20.8 Å². The molecule has 0 aliphatic carbocycles. The SMILES string of the molecule is CC(O)C(NC(=O)NCCc1ncon1)C(=O)O. The number of aliphatic hydroxyl groups excluding tert-OH is 1. The Labute approximate surface area is 102 Å². The minimum atomic E-state index is -1.35. The zero-order valence-electron chi connectivity index (χ0n) is 9.66. The number of carbonyl (C=O) groups excluding carboxylic acids is 1. The fourth-order valence-electron chi connectivity index (χ4n) is 1.17. The molecule has 2 amide bonds. The lowest BCUT2D eigenvalue weighted by Crippen LogP contribution is -2.51. The van der Waals surface area contributed by atoms with E-state index < -0.39 is 24.1 Å². The first-order valence-electron chi connectivity index (χ1n) is 5.21. The number of urea groups is 1. The van der Waals surface area contributed by atoms with Gasteiger partial charge in [-0.2, -0.15) is 4.98 Å². The van der Waals surface area contributed by atoms with E-state index in [1.54, 1.807) is 0 Å². The smallest absolute Gasteiger partial charge is 0.328 e. The Balaban J connectivity index is 2.30. The molecule has 0 saturated carbocycles. The summed E-state index contributed by atoms with van der Waals surface area (Å²) in [6.07, 6.45) is 0.338. The number of carboxylic acid groups (broad SMARTS) is 1. The third-order valence-electron chi connectivity index (χ3n) is 2.08. The molecule has 1 rings (SSSR count). The monoisotopic (exact) mass is 258 g/mol. The lowest BCUT2D eigenvalue weighted by Gasteiger charge is -2.17. The largest absolute Gasteiger partial charge is 0.480 e. The molecular formula is C9H14N4O5. The first-order chi connectivity index (χ1) is 8.50. The quantitative estimate of drug-likeness (QED) is 0.500. The van der Waals surface area contributed by atoms with Crippen molar-refractivity contribution in [3.8, 4) is 0 Å². The first kappa shape index (κ1) is 13.9. The number of amides is 2. The summed E-state index contributed by atoms with van der Waals surface area (Å²) in [6.45, 7) is 1.50. The molecule has 0 saturated heterocycles. The highest BCUT2D eigenvalue weighted by atomic mass is 16.5. The predicted octanol–water partition coefficient (Wildman–Crippen LogP) is -1.25. The summed E-state index contributed by atoms with van der Waals surface area (Å²) in [5.74, 6) is -0.876. The van der Waals surface area contributed by atoms with Crippen LogP contribution in [0.1, 0.15) is 12.7 Å². The van der Waals surface area contributed by atoms with Crippen LogP contribution in [0.5, 0.6) is 0 Å². The summed E-state index contributed by atoms with van der Waals surface area (Å²) in [5, 5.41) is 26.0. The van der Waals surface area contributed by atoms with Crippen molar-refractivity contribution in [2.45, 2.75) is 25.5 Å². The molecule has 0 aliphatic rings. The van der Waals surface area contributed by atoms with Crippen molar-refractivity contribution >= 4 is 12.0 Å². The Morgan fingerprint density at radius 2 is 2.28 bits per heavy atom. The molecule has 9 nitrogen and oxygen atoms in total. The number of hydrogen-bond donors (Lipinski definition) is 4.